The molecule has 0 spiro atoms. The van der Waals surface area contributed by atoms with Gasteiger partial charge in [-0.25, -0.2) is 15.0 Å². The minimum Gasteiger partial charge on any atom is -0.458 e. The summed E-state index contributed by atoms with van der Waals surface area (Å²) in [7, 11) is 0. The number of esters is 1. The van der Waals surface area contributed by atoms with Crippen LogP contribution in [0.3, 0.4) is 0 Å². The number of carbonyl (C=O) groups is 2. The first kappa shape index (κ1) is 30.0. The molecule has 0 aromatic rings. The normalized spacial score (nSPS) is 50.4. The summed E-state index contributed by atoms with van der Waals surface area (Å²) in [6.45, 7) is 4.11. The zero-order valence-corrected chi connectivity index (χ0v) is 24.4. The minimum absolute atomic E-state index is 0.0488. The number of rotatable bonds is 5. The van der Waals surface area contributed by atoms with Crippen LogP contribution >= 0.6 is 0 Å². The van der Waals surface area contributed by atoms with Crippen molar-refractivity contribution in [1.29, 1.82) is 0 Å². The summed E-state index contributed by atoms with van der Waals surface area (Å²) in [5.41, 5.74) is 5.09. The van der Waals surface area contributed by atoms with E-state index in [4.69, 9.17) is 19.9 Å². The molecule has 1 saturated heterocycles. The molecule has 12 heteroatoms. The van der Waals surface area contributed by atoms with Gasteiger partial charge in [-0.2, -0.15) is 5.10 Å². The van der Waals surface area contributed by atoms with Crippen molar-refractivity contribution >= 4 is 18.2 Å². The third-order valence-corrected chi connectivity index (χ3v) is 12.1. The summed E-state index contributed by atoms with van der Waals surface area (Å²) in [5.74, 6) is -0.495. The molecule has 12 atom stereocenters. The van der Waals surface area contributed by atoms with E-state index in [0.717, 1.165) is 18.4 Å². The molecule has 0 aromatic heterocycles. The SMILES string of the molecule is C[C@H]1O[C@@H](O[C@H]2CC[C@]3(/C=N/NC(N)=O)[C@H]4CC[C@]5(C)[C@@H](C6=CC(=O)OC6)CC[C@]5(O)[C@@H]4CC[C@]3(O)C2)C[C@@H](O)[C@@H]1O. The van der Waals surface area contributed by atoms with Crippen LogP contribution in [0.1, 0.15) is 78.1 Å². The van der Waals surface area contributed by atoms with E-state index in [9.17, 15) is 30.0 Å². The standard InChI is InChI=1S/C30H45N3O9/c1-16-25(36)22(34)12-24(41-16)42-18-3-8-28(15-32-33-26(31)37)20-4-7-27(2)19(17-11-23(35)40-14-17)6-10-30(27,39)21(20)5-9-29(28,38)13-18/h11,15-16,18-22,24-25,34,36,38-39H,3-10,12-14H2,1-2H3,(H3,31,33,37)/b32-15+/t16-,18+,19-,20+,21-,22-,24+,25-,27-,28+,29+,30+/m1/s1. The molecule has 2 amide bonds. The number of aliphatic hydroxyl groups excluding tert-OH is 2. The minimum atomic E-state index is -1.23. The molecular formula is C30H45N3O9. The van der Waals surface area contributed by atoms with Crippen LogP contribution in [0.5, 0.6) is 0 Å². The summed E-state index contributed by atoms with van der Waals surface area (Å²) in [4.78, 5) is 23.4. The van der Waals surface area contributed by atoms with Gasteiger partial charge in [-0.3, -0.25) is 0 Å². The number of hydrogen-bond acceptors (Lipinski definition) is 10. The van der Waals surface area contributed by atoms with Gasteiger partial charge in [-0.05, 0) is 81.6 Å². The number of urea groups is 1. The highest BCUT2D eigenvalue weighted by Crippen LogP contribution is 2.70. The fraction of sp³-hybridized carbons (Fsp3) is 0.833. The smallest absolute Gasteiger partial charge is 0.332 e. The number of nitrogens with two attached hydrogens (primary N) is 1. The Kier molecular flexibility index (Phi) is 7.50. The summed E-state index contributed by atoms with van der Waals surface area (Å²) in [5, 5.41) is 49.5. The lowest BCUT2D eigenvalue weighted by molar-refractivity contribution is -0.282. The number of nitrogens with zero attached hydrogens (tertiary/aromatic N) is 1. The van der Waals surface area contributed by atoms with E-state index in [-0.39, 0.29) is 42.9 Å². The molecule has 2 aliphatic heterocycles. The van der Waals surface area contributed by atoms with E-state index in [1.807, 2.05) is 0 Å². The molecule has 6 aliphatic rings. The van der Waals surface area contributed by atoms with E-state index >= 15 is 0 Å². The number of ether oxygens (including phenoxy) is 3. The number of fused-ring (bicyclic) bond motifs is 5. The molecule has 0 radical (unpaired) electrons. The maximum Gasteiger partial charge on any atom is 0.332 e. The molecule has 5 fully saturated rings. The number of hydrazone groups is 1. The first-order valence-corrected chi connectivity index (χ1v) is 15.4. The van der Waals surface area contributed by atoms with E-state index in [2.05, 4.69) is 17.5 Å². The molecule has 0 unspecified atom stereocenters. The number of primary amides is 1. The van der Waals surface area contributed by atoms with Crippen molar-refractivity contribution < 1.29 is 44.2 Å². The van der Waals surface area contributed by atoms with Gasteiger partial charge >= 0.3 is 12.0 Å². The molecule has 6 rings (SSSR count). The first-order valence-electron chi connectivity index (χ1n) is 15.4. The van der Waals surface area contributed by atoms with E-state index in [1.165, 1.54) is 0 Å². The van der Waals surface area contributed by atoms with Crippen LogP contribution in [-0.2, 0) is 19.0 Å². The molecular weight excluding hydrogens is 546 g/mol. The molecule has 42 heavy (non-hydrogen) atoms. The number of carbonyl (C=O) groups excluding carboxylic acids is 2. The largest absolute Gasteiger partial charge is 0.458 e. The molecule has 2 heterocycles. The molecule has 12 nitrogen and oxygen atoms in total. The Morgan fingerprint density at radius 3 is 2.60 bits per heavy atom. The number of hydrogen-bond donors (Lipinski definition) is 6. The quantitative estimate of drug-likeness (QED) is 0.118. The number of nitrogens with one attached hydrogen (secondary N) is 1. The van der Waals surface area contributed by atoms with Crippen LogP contribution in [0, 0.1) is 28.6 Å². The van der Waals surface area contributed by atoms with Crippen molar-refractivity contribution in [2.24, 2.45) is 39.4 Å². The van der Waals surface area contributed by atoms with E-state index in [1.54, 1.807) is 19.2 Å². The Morgan fingerprint density at radius 1 is 1.14 bits per heavy atom. The van der Waals surface area contributed by atoms with Crippen molar-refractivity contribution in [3.8, 4) is 0 Å². The Hall–Kier alpha value is -2.09. The fourth-order valence-electron chi connectivity index (χ4n) is 10.00. The molecule has 7 N–H and O–H groups in total. The zero-order valence-electron chi connectivity index (χ0n) is 24.4. The van der Waals surface area contributed by atoms with Crippen LogP contribution < -0.4 is 11.2 Å². The van der Waals surface area contributed by atoms with Crippen molar-refractivity contribution in [3.63, 3.8) is 0 Å². The van der Waals surface area contributed by atoms with Crippen LogP contribution in [0.25, 0.3) is 0 Å². The van der Waals surface area contributed by atoms with Crippen molar-refractivity contribution in [2.45, 2.75) is 120 Å². The van der Waals surface area contributed by atoms with Gasteiger partial charge in [0.25, 0.3) is 0 Å². The summed E-state index contributed by atoms with van der Waals surface area (Å²) >= 11 is 0. The van der Waals surface area contributed by atoms with Crippen LogP contribution in [-0.4, -0.2) is 87.2 Å². The van der Waals surface area contributed by atoms with Gasteiger partial charge in [0.2, 0.25) is 0 Å². The maximum absolute atomic E-state index is 12.5. The van der Waals surface area contributed by atoms with Crippen LogP contribution in [0.2, 0.25) is 0 Å². The maximum atomic E-state index is 12.5. The fourth-order valence-corrected chi connectivity index (χ4v) is 10.00. The number of cyclic esters (lactones) is 1. The van der Waals surface area contributed by atoms with Gasteiger partial charge in [-0.1, -0.05) is 6.92 Å². The zero-order chi connectivity index (χ0) is 30.1. The van der Waals surface area contributed by atoms with E-state index in [0.29, 0.717) is 44.9 Å². The summed E-state index contributed by atoms with van der Waals surface area (Å²) in [6, 6.07) is -0.796. The van der Waals surface area contributed by atoms with Crippen molar-refractivity contribution in [1.82, 2.24) is 5.43 Å². The second-order valence-electron chi connectivity index (χ2n) is 13.9. The first-order chi connectivity index (χ1) is 19.8. The summed E-state index contributed by atoms with van der Waals surface area (Å²) in [6.07, 6.45) is 5.06. The van der Waals surface area contributed by atoms with Crippen LogP contribution in [0.4, 0.5) is 4.79 Å². The lowest BCUT2D eigenvalue weighted by Gasteiger charge is -2.66. The summed E-state index contributed by atoms with van der Waals surface area (Å²) < 4.78 is 17.3. The highest BCUT2D eigenvalue weighted by atomic mass is 16.7. The average Bonchev–Trinajstić information content (AvgIpc) is 3.46. The highest BCUT2D eigenvalue weighted by molar-refractivity contribution is 5.85. The second kappa shape index (κ2) is 10.5. The number of aliphatic hydroxyl groups is 4. The van der Waals surface area contributed by atoms with Gasteiger partial charge in [0.15, 0.2) is 6.29 Å². The third-order valence-electron chi connectivity index (χ3n) is 12.1. The predicted molar refractivity (Wildman–Crippen MR) is 149 cm³/mol. The Balaban J connectivity index is 1.27. The van der Waals surface area contributed by atoms with Gasteiger partial charge in [0.05, 0.1) is 29.5 Å². The Morgan fingerprint density at radius 2 is 1.90 bits per heavy atom. The predicted octanol–water partition coefficient (Wildman–Crippen LogP) is 1.23. The lowest BCUT2D eigenvalue weighted by atomic mass is 9.41. The number of amides is 2. The van der Waals surface area contributed by atoms with Crippen molar-refractivity contribution in [3.05, 3.63) is 11.6 Å². The van der Waals surface area contributed by atoms with Gasteiger partial charge in [0, 0.05) is 36.0 Å². The van der Waals surface area contributed by atoms with Gasteiger partial charge in [-0.15, -0.1) is 0 Å². The average molecular weight is 592 g/mol. The van der Waals surface area contributed by atoms with Crippen molar-refractivity contribution in [2.75, 3.05) is 6.61 Å². The Labute approximate surface area is 245 Å². The molecule has 0 aromatic carbocycles. The Bertz CT molecular complexity index is 1150. The molecule has 4 aliphatic carbocycles. The monoisotopic (exact) mass is 591 g/mol. The molecule has 0 bridgehead atoms. The van der Waals surface area contributed by atoms with Crippen LogP contribution in [0.15, 0.2) is 16.8 Å². The highest BCUT2D eigenvalue weighted by Gasteiger charge is 2.71. The topological polar surface area (TPSA) is 193 Å². The molecule has 234 valence electrons. The van der Waals surface area contributed by atoms with E-state index < -0.39 is 52.7 Å². The molecule has 4 saturated carbocycles. The lowest BCUT2D eigenvalue weighted by Crippen LogP contribution is -2.69. The van der Waals surface area contributed by atoms with Gasteiger partial charge in [0.1, 0.15) is 12.7 Å². The third kappa shape index (κ3) is 4.52. The van der Waals surface area contributed by atoms with Gasteiger partial charge < -0.3 is 40.4 Å². The second-order valence-corrected chi connectivity index (χ2v) is 13.9.